The first-order valence-corrected chi connectivity index (χ1v) is 12.2. The van der Waals surface area contributed by atoms with Gasteiger partial charge in [-0.25, -0.2) is 8.42 Å². The van der Waals surface area contributed by atoms with Gasteiger partial charge in [0.25, 0.3) is 0 Å². The number of anilines is 1. The molecule has 2 aliphatic rings. The van der Waals surface area contributed by atoms with Crippen molar-refractivity contribution in [1.29, 1.82) is 0 Å². The Balaban J connectivity index is 1.58. The van der Waals surface area contributed by atoms with E-state index in [1.54, 1.807) is 24.8 Å². The van der Waals surface area contributed by atoms with Crippen LogP contribution in [0.5, 0.6) is 0 Å². The molecule has 0 spiro atoms. The first-order chi connectivity index (χ1) is 14.3. The number of amides is 2. The van der Waals surface area contributed by atoms with E-state index in [1.165, 1.54) is 16.4 Å². The molecule has 0 atom stereocenters. The Morgan fingerprint density at radius 3 is 2.27 bits per heavy atom. The molecule has 0 aromatic heterocycles. The number of piperazine rings is 1. The third-order valence-electron chi connectivity index (χ3n) is 5.57. The zero-order valence-corrected chi connectivity index (χ0v) is 19.0. The Bertz CT molecular complexity index is 892. The average Bonchev–Trinajstić information content (AvgIpc) is 3.58. The van der Waals surface area contributed by atoms with Crippen LogP contribution >= 0.6 is 11.6 Å². The predicted octanol–water partition coefficient (Wildman–Crippen LogP) is 1.86. The highest BCUT2D eigenvalue weighted by atomic mass is 35.5. The molecule has 1 aliphatic carbocycles. The maximum Gasteiger partial charge on any atom is 0.244 e. The van der Waals surface area contributed by atoms with E-state index in [0.29, 0.717) is 45.0 Å². The minimum Gasteiger partial charge on any atom is -0.376 e. The molecule has 2 amide bonds. The molecule has 1 aromatic rings. The summed E-state index contributed by atoms with van der Waals surface area (Å²) in [5.41, 5.74) is 0.515. The van der Waals surface area contributed by atoms with Crippen molar-refractivity contribution in [3.05, 3.63) is 23.2 Å². The molecule has 1 aromatic carbocycles. The van der Waals surface area contributed by atoms with Crippen LogP contribution in [-0.4, -0.2) is 80.2 Å². The van der Waals surface area contributed by atoms with Crippen LogP contribution < -0.4 is 5.32 Å². The lowest BCUT2D eigenvalue weighted by atomic mass is 10.2. The van der Waals surface area contributed by atoms with Gasteiger partial charge in [-0.15, -0.1) is 0 Å². The fourth-order valence-corrected chi connectivity index (χ4v) is 5.53. The third kappa shape index (κ3) is 5.07. The average molecular weight is 457 g/mol. The van der Waals surface area contributed by atoms with Gasteiger partial charge in [-0.1, -0.05) is 25.4 Å². The normalized spacial score (nSPS) is 17.3. The highest BCUT2D eigenvalue weighted by Crippen LogP contribution is 2.31. The number of halogens is 1. The highest BCUT2D eigenvalue weighted by molar-refractivity contribution is 7.89. The molecule has 10 heteroatoms. The van der Waals surface area contributed by atoms with Crippen molar-refractivity contribution in [1.82, 2.24) is 14.1 Å². The second-order valence-corrected chi connectivity index (χ2v) is 9.88. The third-order valence-corrected chi connectivity index (χ3v) is 8.10. The Morgan fingerprint density at radius 2 is 1.70 bits per heavy atom. The van der Waals surface area contributed by atoms with E-state index in [-0.39, 0.29) is 34.2 Å². The van der Waals surface area contributed by atoms with E-state index in [9.17, 15) is 18.0 Å². The van der Waals surface area contributed by atoms with Gasteiger partial charge in [0.1, 0.15) is 4.90 Å². The highest BCUT2D eigenvalue weighted by Gasteiger charge is 2.35. The molecule has 2 fully saturated rings. The summed E-state index contributed by atoms with van der Waals surface area (Å²) >= 11 is 6.15. The first-order valence-electron chi connectivity index (χ1n) is 10.4. The summed E-state index contributed by atoms with van der Waals surface area (Å²) in [6.07, 6.45) is 1.96. The molecular weight excluding hydrogens is 428 g/mol. The number of hydrogen-bond acceptors (Lipinski definition) is 5. The zero-order chi connectivity index (χ0) is 21.9. The van der Waals surface area contributed by atoms with Crippen molar-refractivity contribution in [3.63, 3.8) is 0 Å². The largest absolute Gasteiger partial charge is 0.376 e. The summed E-state index contributed by atoms with van der Waals surface area (Å²) in [4.78, 5) is 28.3. The second-order valence-electron chi connectivity index (χ2n) is 7.57. The fraction of sp³-hybridized carbons (Fsp3) is 0.600. The van der Waals surface area contributed by atoms with Crippen LogP contribution in [0.2, 0.25) is 5.02 Å². The van der Waals surface area contributed by atoms with Gasteiger partial charge in [-0.2, -0.15) is 4.31 Å². The summed E-state index contributed by atoms with van der Waals surface area (Å²) in [6, 6.07) is 4.64. The van der Waals surface area contributed by atoms with Crippen molar-refractivity contribution in [2.45, 2.75) is 31.6 Å². The number of carbonyl (C=O) groups is 2. The van der Waals surface area contributed by atoms with Crippen LogP contribution in [0.3, 0.4) is 0 Å². The Kier molecular flexibility index (Phi) is 7.26. The minimum atomic E-state index is -3.70. The number of rotatable bonds is 8. The molecule has 0 radical (unpaired) electrons. The SMILES string of the molecule is CCN(CC)S(=O)(=O)c1cc(NCC(=O)N2CCN(C(=O)C3CC3)CC2)ccc1Cl. The lowest BCUT2D eigenvalue weighted by Crippen LogP contribution is -2.52. The van der Waals surface area contributed by atoms with Crippen LogP contribution in [0, 0.1) is 5.92 Å². The van der Waals surface area contributed by atoms with Gasteiger partial charge in [0.15, 0.2) is 0 Å². The van der Waals surface area contributed by atoms with Crippen molar-refractivity contribution in [2.24, 2.45) is 5.92 Å². The molecule has 30 heavy (non-hydrogen) atoms. The van der Waals surface area contributed by atoms with Gasteiger partial charge in [0, 0.05) is 50.9 Å². The lowest BCUT2D eigenvalue weighted by Gasteiger charge is -2.35. The van der Waals surface area contributed by atoms with Gasteiger partial charge < -0.3 is 15.1 Å². The van der Waals surface area contributed by atoms with E-state index >= 15 is 0 Å². The second kappa shape index (κ2) is 9.53. The maximum absolute atomic E-state index is 12.8. The summed E-state index contributed by atoms with van der Waals surface area (Å²) in [5, 5.41) is 3.15. The standard InChI is InChI=1S/C20H29ClN4O4S/c1-3-25(4-2)30(28,29)18-13-16(7-8-17(18)21)22-14-19(26)23-9-11-24(12-10-23)20(27)15-5-6-15/h7-8,13,15,22H,3-6,9-12,14H2,1-2H3. The number of nitrogens with zero attached hydrogens (tertiary/aromatic N) is 3. The fourth-order valence-electron chi connectivity index (χ4n) is 3.57. The van der Waals surface area contributed by atoms with E-state index < -0.39 is 10.0 Å². The summed E-state index contributed by atoms with van der Waals surface area (Å²) in [7, 11) is -3.70. The van der Waals surface area contributed by atoms with Crippen LogP contribution in [-0.2, 0) is 19.6 Å². The smallest absolute Gasteiger partial charge is 0.244 e. The molecule has 1 heterocycles. The van der Waals surface area contributed by atoms with Crippen molar-refractivity contribution < 1.29 is 18.0 Å². The molecule has 1 aliphatic heterocycles. The van der Waals surface area contributed by atoms with E-state index in [0.717, 1.165) is 12.8 Å². The molecule has 8 nitrogen and oxygen atoms in total. The minimum absolute atomic E-state index is 0.0255. The van der Waals surface area contributed by atoms with E-state index in [1.807, 2.05) is 4.90 Å². The van der Waals surface area contributed by atoms with Crippen LogP contribution in [0.15, 0.2) is 23.1 Å². The Morgan fingerprint density at radius 1 is 1.10 bits per heavy atom. The maximum atomic E-state index is 12.8. The molecule has 166 valence electrons. The number of sulfonamides is 1. The summed E-state index contributed by atoms with van der Waals surface area (Å²) < 4.78 is 26.9. The van der Waals surface area contributed by atoms with Crippen molar-refractivity contribution in [3.8, 4) is 0 Å². The number of carbonyl (C=O) groups excluding carboxylic acids is 2. The Hall–Kier alpha value is -1.84. The van der Waals surface area contributed by atoms with Gasteiger partial charge in [0.05, 0.1) is 11.6 Å². The van der Waals surface area contributed by atoms with Gasteiger partial charge >= 0.3 is 0 Å². The molecule has 0 bridgehead atoms. The van der Waals surface area contributed by atoms with Crippen LogP contribution in [0.25, 0.3) is 0 Å². The van der Waals surface area contributed by atoms with Crippen molar-refractivity contribution >= 4 is 39.1 Å². The predicted molar refractivity (Wildman–Crippen MR) is 116 cm³/mol. The quantitative estimate of drug-likeness (QED) is 0.644. The van der Waals surface area contributed by atoms with Gasteiger partial charge in [-0.05, 0) is 31.0 Å². The van der Waals surface area contributed by atoms with Crippen LogP contribution in [0.1, 0.15) is 26.7 Å². The van der Waals surface area contributed by atoms with E-state index in [2.05, 4.69) is 5.32 Å². The Labute approximate surface area is 183 Å². The topological polar surface area (TPSA) is 90.0 Å². The number of nitrogens with one attached hydrogen (secondary N) is 1. The molecular formula is C20H29ClN4O4S. The molecule has 0 unspecified atom stereocenters. The van der Waals surface area contributed by atoms with Crippen molar-refractivity contribution in [2.75, 3.05) is 51.1 Å². The first kappa shape index (κ1) is 22.8. The summed E-state index contributed by atoms with van der Waals surface area (Å²) in [6.45, 7) is 6.44. The van der Waals surface area contributed by atoms with Gasteiger partial charge in [-0.3, -0.25) is 9.59 Å². The molecule has 1 N–H and O–H groups in total. The molecule has 1 saturated heterocycles. The lowest BCUT2D eigenvalue weighted by molar-refractivity contribution is -0.139. The zero-order valence-electron chi connectivity index (χ0n) is 17.4. The molecule has 1 saturated carbocycles. The van der Waals surface area contributed by atoms with Crippen LogP contribution in [0.4, 0.5) is 5.69 Å². The molecule has 3 rings (SSSR count). The van der Waals surface area contributed by atoms with Gasteiger partial charge in [0.2, 0.25) is 21.8 Å². The monoisotopic (exact) mass is 456 g/mol. The summed E-state index contributed by atoms with van der Waals surface area (Å²) in [5.74, 6) is 0.320. The van der Waals surface area contributed by atoms with E-state index in [4.69, 9.17) is 11.6 Å². The number of hydrogen-bond donors (Lipinski definition) is 1. The number of benzene rings is 1.